The molecule has 4 heteroatoms. The van der Waals surface area contributed by atoms with E-state index in [0.717, 1.165) is 19.3 Å². The molecule has 0 aliphatic heterocycles. The first-order valence-electron chi connectivity index (χ1n) is 5.93. The van der Waals surface area contributed by atoms with Crippen molar-refractivity contribution < 1.29 is 19.4 Å². The van der Waals surface area contributed by atoms with E-state index < -0.39 is 17.5 Å². The molecule has 0 aromatic rings. The molecule has 0 heterocycles. The fraction of sp³-hybridized carbons (Fsp3) is 0.833. The van der Waals surface area contributed by atoms with Gasteiger partial charge in [-0.1, -0.05) is 19.8 Å². The Morgan fingerprint density at radius 3 is 2.69 bits per heavy atom. The van der Waals surface area contributed by atoms with Crippen molar-refractivity contribution in [1.29, 1.82) is 0 Å². The van der Waals surface area contributed by atoms with Gasteiger partial charge in [-0.25, -0.2) is 0 Å². The minimum atomic E-state index is -0.832. The quantitative estimate of drug-likeness (QED) is 0.734. The number of carboxylic acids is 1. The maximum Gasteiger partial charge on any atom is 0.313 e. The number of carbonyl (C=O) groups excluding carboxylic acids is 1. The Bertz CT molecular complexity index is 274. The standard InChI is InChI=1S/C12H20O4/c1-3-4-7-12(11(14)15)8-5-6-10(12)16-9(2)13/h10H,3-8H2,1-2H3,(H,14,15). The largest absolute Gasteiger partial charge is 0.481 e. The SMILES string of the molecule is CCCCC1(C(=O)O)CCCC1OC(C)=O. The molecule has 1 aliphatic carbocycles. The number of carbonyl (C=O) groups is 2. The van der Waals surface area contributed by atoms with E-state index in [9.17, 15) is 14.7 Å². The average molecular weight is 228 g/mol. The number of carboxylic acid groups (broad SMARTS) is 1. The van der Waals surface area contributed by atoms with Gasteiger partial charge >= 0.3 is 11.9 Å². The molecule has 0 aromatic heterocycles. The molecule has 0 bridgehead atoms. The molecule has 1 rings (SSSR count). The van der Waals surface area contributed by atoms with Crippen LogP contribution in [0.25, 0.3) is 0 Å². The zero-order valence-corrected chi connectivity index (χ0v) is 9.99. The summed E-state index contributed by atoms with van der Waals surface area (Å²) in [5.74, 6) is -1.20. The molecule has 1 fully saturated rings. The van der Waals surface area contributed by atoms with Crippen LogP contribution in [0.5, 0.6) is 0 Å². The molecule has 0 radical (unpaired) electrons. The normalized spacial score (nSPS) is 29.0. The number of unbranched alkanes of at least 4 members (excludes halogenated alkanes) is 1. The Hall–Kier alpha value is -1.06. The van der Waals surface area contributed by atoms with Crippen molar-refractivity contribution in [3.05, 3.63) is 0 Å². The van der Waals surface area contributed by atoms with Crippen LogP contribution in [0.2, 0.25) is 0 Å². The lowest BCUT2D eigenvalue weighted by Gasteiger charge is -2.30. The number of ether oxygens (including phenoxy) is 1. The number of hydrogen-bond donors (Lipinski definition) is 1. The highest BCUT2D eigenvalue weighted by atomic mass is 16.5. The molecule has 2 unspecified atom stereocenters. The summed E-state index contributed by atoms with van der Waals surface area (Å²) < 4.78 is 5.17. The summed E-state index contributed by atoms with van der Waals surface area (Å²) in [6.45, 7) is 3.37. The Morgan fingerprint density at radius 1 is 1.50 bits per heavy atom. The minimum Gasteiger partial charge on any atom is -0.481 e. The van der Waals surface area contributed by atoms with Crippen LogP contribution in [-0.4, -0.2) is 23.1 Å². The summed E-state index contributed by atoms with van der Waals surface area (Å²) in [7, 11) is 0. The van der Waals surface area contributed by atoms with Crippen LogP contribution < -0.4 is 0 Å². The fourth-order valence-corrected chi connectivity index (χ4v) is 2.54. The molecule has 0 amide bonds. The van der Waals surface area contributed by atoms with Gasteiger partial charge in [-0.3, -0.25) is 9.59 Å². The molecule has 1 N–H and O–H groups in total. The highest BCUT2D eigenvalue weighted by molar-refractivity contribution is 5.77. The van der Waals surface area contributed by atoms with Crippen molar-refractivity contribution in [3.63, 3.8) is 0 Å². The number of aliphatic carboxylic acids is 1. The van der Waals surface area contributed by atoms with E-state index in [2.05, 4.69) is 0 Å². The van der Waals surface area contributed by atoms with Gasteiger partial charge in [-0.05, 0) is 25.7 Å². The van der Waals surface area contributed by atoms with Gasteiger partial charge in [0.05, 0.1) is 0 Å². The van der Waals surface area contributed by atoms with Crippen LogP contribution in [0.1, 0.15) is 52.4 Å². The molecule has 16 heavy (non-hydrogen) atoms. The predicted molar refractivity (Wildman–Crippen MR) is 59.0 cm³/mol. The molecule has 0 spiro atoms. The highest BCUT2D eigenvalue weighted by Crippen LogP contribution is 2.44. The van der Waals surface area contributed by atoms with Crippen molar-refractivity contribution in [2.45, 2.75) is 58.5 Å². The first-order chi connectivity index (χ1) is 7.53. The molecular formula is C12H20O4. The third kappa shape index (κ3) is 2.54. The van der Waals surface area contributed by atoms with Gasteiger partial charge in [0.1, 0.15) is 11.5 Å². The Balaban J connectivity index is 2.80. The van der Waals surface area contributed by atoms with Gasteiger partial charge in [0.25, 0.3) is 0 Å². The number of hydrogen-bond acceptors (Lipinski definition) is 3. The molecule has 92 valence electrons. The van der Waals surface area contributed by atoms with Crippen molar-refractivity contribution in [2.24, 2.45) is 5.41 Å². The van der Waals surface area contributed by atoms with E-state index in [-0.39, 0.29) is 5.97 Å². The van der Waals surface area contributed by atoms with Gasteiger partial charge in [0.2, 0.25) is 0 Å². The number of rotatable bonds is 5. The van der Waals surface area contributed by atoms with Gasteiger partial charge < -0.3 is 9.84 Å². The fourth-order valence-electron chi connectivity index (χ4n) is 2.54. The molecule has 2 atom stereocenters. The van der Waals surface area contributed by atoms with Crippen LogP contribution in [0.4, 0.5) is 0 Å². The van der Waals surface area contributed by atoms with Crippen LogP contribution in [0.15, 0.2) is 0 Å². The second-order valence-electron chi connectivity index (χ2n) is 4.56. The number of esters is 1. The maximum atomic E-state index is 11.4. The van der Waals surface area contributed by atoms with E-state index in [0.29, 0.717) is 19.3 Å². The second kappa shape index (κ2) is 5.32. The monoisotopic (exact) mass is 228 g/mol. The van der Waals surface area contributed by atoms with E-state index >= 15 is 0 Å². The molecular weight excluding hydrogens is 208 g/mol. The van der Waals surface area contributed by atoms with Crippen LogP contribution >= 0.6 is 0 Å². The molecule has 0 saturated heterocycles. The predicted octanol–water partition coefficient (Wildman–Crippen LogP) is 2.36. The summed E-state index contributed by atoms with van der Waals surface area (Å²) >= 11 is 0. The smallest absolute Gasteiger partial charge is 0.313 e. The zero-order chi connectivity index (χ0) is 12.2. The van der Waals surface area contributed by atoms with Gasteiger partial charge in [0.15, 0.2) is 0 Å². The minimum absolute atomic E-state index is 0.381. The van der Waals surface area contributed by atoms with Gasteiger partial charge in [0, 0.05) is 6.92 Å². The molecule has 1 aliphatic rings. The van der Waals surface area contributed by atoms with E-state index in [1.807, 2.05) is 6.92 Å². The molecule has 1 saturated carbocycles. The summed E-state index contributed by atoms with van der Waals surface area (Å²) in [6, 6.07) is 0. The van der Waals surface area contributed by atoms with E-state index in [1.54, 1.807) is 0 Å². The van der Waals surface area contributed by atoms with Crippen LogP contribution in [0.3, 0.4) is 0 Å². The third-order valence-corrected chi connectivity index (χ3v) is 3.42. The Labute approximate surface area is 96.0 Å². The summed E-state index contributed by atoms with van der Waals surface area (Å²) in [4.78, 5) is 22.4. The maximum absolute atomic E-state index is 11.4. The first kappa shape index (κ1) is 13.0. The summed E-state index contributed by atoms with van der Waals surface area (Å²) in [5.41, 5.74) is -0.832. The third-order valence-electron chi connectivity index (χ3n) is 3.42. The Morgan fingerprint density at radius 2 is 2.19 bits per heavy atom. The highest BCUT2D eigenvalue weighted by Gasteiger charge is 2.50. The van der Waals surface area contributed by atoms with Crippen LogP contribution in [-0.2, 0) is 14.3 Å². The zero-order valence-electron chi connectivity index (χ0n) is 9.99. The molecule has 4 nitrogen and oxygen atoms in total. The second-order valence-corrected chi connectivity index (χ2v) is 4.56. The Kier molecular flexibility index (Phi) is 4.33. The van der Waals surface area contributed by atoms with E-state index in [4.69, 9.17) is 4.74 Å². The lowest BCUT2D eigenvalue weighted by molar-refractivity contribution is -0.165. The summed E-state index contributed by atoms with van der Waals surface area (Å²) in [6.07, 6.45) is 4.13. The van der Waals surface area contributed by atoms with Crippen LogP contribution in [0, 0.1) is 5.41 Å². The van der Waals surface area contributed by atoms with Crippen molar-refractivity contribution in [3.8, 4) is 0 Å². The average Bonchev–Trinajstić information content (AvgIpc) is 2.58. The first-order valence-corrected chi connectivity index (χ1v) is 5.93. The lowest BCUT2D eigenvalue weighted by Crippen LogP contribution is -2.40. The van der Waals surface area contributed by atoms with Crippen molar-refractivity contribution in [1.82, 2.24) is 0 Å². The topological polar surface area (TPSA) is 63.6 Å². The van der Waals surface area contributed by atoms with E-state index in [1.165, 1.54) is 6.92 Å². The van der Waals surface area contributed by atoms with Gasteiger partial charge in [-0.15, -0.1) is 0 Å². The molecule has 0 aromatic carbocycles. The summed E-state index contributed by atoms with van der Waals surface area (Å²) in [5, 5.41) is 9.38. The lowest BCUT2D eigenvalue weighted by atomic mass is 9.79. The van der Waals surface area contributed by atoms with Crippen molar-refractivity contribution in [2.75, 3.05) is 0 Å². The van der Waals surface area contributed by atoms with Crippen molar-refractivity contribution >= 4 is 11.9 Å². The van der Waals surface area contributed by atoms with Gasteiger partial charge in [-0.2, -0.15) is 0 Å².